The van der Waals surface area contributed by atoms with Crippen molar-refractivity contribution >= 4 is 29.3 Å². The maximum Gasteiger partial charge on any atom is 0.258 e. The van der Waals surface area contributed by atoms with Crippen LogP contribution < -0.4 is 16.6 Å². The molecule has 0 saturated carbocycles. The van der Waals surface area contributed by atoms with E-state index in [4.69, 9.17) is 17.3 Å². The molecule has 7 nitrogen and oxygen atoms in total. The first-order chi connectivity index (χ1) is 10.5. The van der Waals surface area contributed by atoms with Crippen molar-refractivity contribution in [2.45, 2.75) is 5.92 Å². The van der Waals surface area contributed by atoms with E-state index in [-0.39, 0.29) is 17.3 Å². The Bertz CT molecular complexity index is 853. The topological polar surface area (TPSA) is 125 Å². The number of aromatic amines is 1. The third-order valence-electron chi connectivity index (χ3n) is 3.51. The summed E-state index contributed by atoms with van der Waals surface area (Å²) in [5, 5.41) is 12.3. The molecule has 1 amide bonds. The molecule has 1 aliphatic heterocycles. The zero-order valence-electron chi connectivity index (χ0n) is 11.1. The summed E-state index contributed by atoms with van der Waals surface area (Å²) < 4.78 is 0. The molecule has 0 unspecified atom stereocenters. The number of halogens is 1. The number of aromatic nitrogens is 2. The minimum atomic E-state index is -1.04. The molecule has 0 radical (unpaired) electrons. The maximum atomic E-state index is 12.2. The van der Waals surface area contributed by atoms with Crippen LogP contribution in [0.5, 0.6) is 0 Å². The molecular formula is C14H10ClN5O2. The van der Waals surface area contributed by atoms with Crippen LogP contribution in [-0.4, -0.2) is 15.9 Å². The van der Waals surface area contributed by atoms with Crippen molar-refractivity contribution < 1.29 is 4.79 Å². The Morgan fingerprint density at radius 3 is 2.59 bits per heavy atom. The number of hydrogen-bond acceptors (Lipinski definition) is 5. The van der Waals surface area contributed by atoms with Crippen molar-refractivity contribution in [3.8, 4) is 6.07 Å². The molecule has 0 saturated heterocycles. The van der Waals surface area contributed by atoms with Gasteiger partial charge in [0, 0.05) is 10.9 Å². The summed E-state index contributed by atoms with van der Waals surface area (Å²) in [5.74, 6) is -2.32. The van der Waals surface area contributed by atoms with E-state index >= 15 is 0 Å². The van der Waals surface area contributed by atoms with Gasteiger partial charge in [0.25, 0.3) is 5.56 Å². The van der Waals surface area contributed by atoms with Gasteiger partial charge in [-0.15, -0.1) is 0 Å². The Morgan fingerprint density at radius 2 is 1.95 bits per heavy atom. The van der Waals surface area contributed by atoms with E-state index in [9.17, 15) is 14.9 Å². The highest BCUT2D eigenvalue weighted by atomic mass is 35.5. The number of nitrogen functional groups attached to an aromatic ring is 1. The average Bonchev–Trinajstić information content (AvgIpc) is 2.46. The van der Waals surface area contributed by atoms with Crippen LogP contribution in [0.1, 0.15) is 17.0 Å². The number of nitrogens with zero attached hydrogens (tertiary/aromatic N) is 2. The van der Waals surface area contributed by atoms with Gasteiger partial charge in [0.15, 0.2) is 0 Å². The van der Waals surface area contributed by atoms with E-state index in [1.807, 2.05) is 6.07 Å². The Kier molecular flexibility index (Phi) is 3.31. The number of carbonyl (C=O) groups excluding carboxylic acids is 1. The van der Waals surface area contributed by atoms with Gasteiger partial charge >= 0.3 is 0 Å². The summed E-state index contributed by atoms with van der Waals surface area (Å²) >= 11 is 5.86. The van der Waals surface area contributed by atoms with Crippen molar-refractivity contribution in [1.29, 1.82) is 5.26 Å². The van der Waals surface area contributed by atoms with Crippen molar-refractivity contribution in [3.63, 3.8) is 0 Å². The first kappa shape index (κ1) is 14.1. The molecular weight excluding hydrogens is 306 g/mol. The summed E-state index contributed by atoms with van der Waals surface area (Å²) in [7, 11) is 0. The Hall–Kier alpha value is -2.85. The molecule has 22 heavy (non-hydrogen) atoms. The summed E-state index contributed by atoms with van der Waals surface area (Å²) in [6.45, 7) is 0. The first-order valence-corrected chi connectivity index (χ1v) is 6.74. The normalized spacial score (nSPS) is 19.9. The fourth-order valence-electron chi connectivity index (χ4n) is 2.56. The molecule has 1 aromatic heterocycles. The summed E-state index contributed by atoms with van der Waals surface area (Å²) in [4.78, 5) is 30.7. The number of rotatable bonds is 1. The monoisotopic (exact) mass is 315 g/mol. The molecule has 110 valence electrons. The number of amides is 1. The van der Waals surface area contributed by atoms with Gasteiger partial charge in [-0.1, -0.05) is 23.7 Å². The zero-order valence-corrected chi connectivity index (χ0v) is 11.9. The van der Waals surface area contributed by atoms with Crippen molar-refractivity contribution in [2.24, 2.45) is 5.92 Å². The van der Waals surface area contributed by atoms with Gasteiger partial charge in [-0.2, -0.15) is 10.2 Å². The molecule has 0 bridgehead atoms. The molecule has 2 aromatic rings. The van der Waals surface area contributed by atoms with E-state index in [1.165, 1.54) is 0 Å². The van der Waals surface area contributed by atoms with Crippen molar-refractivity contribution in [1.82, 2.24) is 9.97 Å². The van der Waals surface area contributed by atoms with Gasteiger partial charge in [-0.3, -0.25) is 14.6 Å². The van der Waals surface area contributed by atoms with Gasteiger partial charge in [0.05, 0.1) is 11.6 Å². The van der Waals surface area contributed by atoms with Gasteiger partial charge < -0.3 is 11.1 Å². The lowest BCUT2D eigenvalue weighted by Crippen LogP contribution is -2.38. The third-order valence-corrected chi connectivity index (χ3v) is 3.76. The minimum absolute atomic E-state index is 0.0812. The van der Waals surface area contributed by atoms with Crippen LogP contribution in [0, 0.1) is 17.2 Å². The fourth-order valence-corrected chi connectivity index (χ4v) is 2.68. The van der Waals surface area contributed by atoms with Crippen LogP contribution in [-0.2, 0) is 4.79 Å². The third kappa shape index (κ3) is 2.19. The number of nitrogens with two attached hydrogens (primary N) is 1. The molecule has 1 aliphatic rings. The van der Waals surface area contributed by atoms with Crippen LogP contribution >= 0.6 is 11.6 Å². The van der Waals surface area contributed by atoms with Gasteiger partial charge in [-0.25, -0.2) is 0 Å². The van der Waals surface area contributed by atoms with Crippen molar-refractivity contribution in [2.75, 3.05) is 11.1 Å². The molecule has 2 heterocycles. The molecule has 8 heteroatoms. The van der Waals surface area contributed by atoms with Gasteiger partial charge in [0.2, 0.25) is 11.9 Å². The first-order valence-electron chi connectivity index (χ1n) is 6.37. The molecule has 0 fully saturated rings. The number of nitrogens with one attached hydrogen (secondary N) is 2. The minimum Gasteiger partial charge on any atom is -0.369 e. The van der Waals surface area contributed by atoms with Crippen LogP contribution in [0.15, 0.2) is 29.1 Å². The van der Waals surface area contributed by atoms with Crippen molar-refractivity contribution in [3.05, 3.63) is 50.8 Å². The zero-order chi connectivity index (χ0) is 15.9. The molecule has 3 rings (SSSR count). The average molecular weight is 316 g/mol. The number of fused-ring (bicyclic) bond motifs is 1. The highest BCUT2D eigenvalue weighted by Gasteiger charge is 2.40. The number of hydrogen-bond donors (Lipinski definition) is 3. The van der Waals surface area contributed by atoms with Gasteiger partial charge in [0.1, 0.15) is 11.7 Å². The number of H-pyrrole nitrogens is 1. The number of carbonyl (C=O) groups is 1. The number of benzene rings is 1. The fraction of sp³-hybridized carbons (Fsp3) is 0.143. The quantitative estimate of drug-likeness (QED) is 0.730. The standard InChI is InChI=1S/C14H10ClN5O2/c15-7-3-1-6(2-4-7)9-8(5-16)12(21)18-11-10(9)13(22)20-14(17)19-11/h1-4,8-9H,(H4,17,18,19,20,21,22)/t8-,9+/m1/s1. The van der Waals surface area contributed by atoms with E-state index < -0.39 is 23.3 Å². The molecule has 2 atom stereocenters. The Labute approximate surface area is 129 Å². The lowest BCUT2D eigenvalue weighted by atomic mass is 9.79. The van der Waals surface area contributed by atoms with Crippen LogP contribution in [0.4, 0.5) is 11.8 Å². The summed E-state index contributed by atoms with van der Waals surface area (Å²) in [5.41, 5.74) is 5.85. The van der Waals surface area contributed by atoms with E-state index in [2.05, 4.69) is 15.3 Å². The second-order valence-corrected chi connectivity index (χ2v) is 5.28. The molecule has 0 spiro atoms. The SMILES string of the molecule is N#C[C@H]1C(=O)Nc2nc(N)[nH]c(=O)c2[C@H]1c1ccc(Cl)cc1. The molecule has 1 aromatic carbocycles. The predicted molar refractivity (Wildman–Crippen MR) is 80.3 cm³/mol. The number of anilines is 2. The maximum absolute atomic E-state index is 12.2. The van der Waals surface area contributed by atoms with Crippen LogP contribution in [0.25, 0.3) is 0 Å². The Morgan fingerprint density at radius 1 is 1.27 bits per heavy atom. The number of nitriles is 1. The van der Waals surface area contributed by atoms with Gasteiger partial charge in [-0.05, 0) is 17.7 Å². The highest BCUT2D eigenvalue weighted by Crippen LogP contribution is 2.37. The molecule has 0 aliphatic carbocycles. The summed E-state index contributed by atoms with van der Waals surface area (Å²) in [6, 6.07) is 8.57. The largest absolute Gasteiger partial charge is 0.369 e. The van der Waals surface area contributed by atoms with E-state index in [0.717, 1.165) is 0 Å². The second kappa shape index (κ2) is 5.16. The van der Waals surface area contributed by atoms with Crippen LogP contribution in [0.3, 0.4) is 0 Å². The lowest BCUT2D eigenvalue weighted by molar-refractivity contribution is -0.119. The lowest BCUT2D eigenvalue weighted by Gasteiger charge is -2.28. The Balaban J connectivity index is 2.26. The highest BCUT2D eigenvalue weighted by molar-refractivity contribution is 6.30. The van der Waals surface area contributed by atoms with Crippen LogP contribution in [0.2, 0.25) is 5.02 Å². The second-order valence-electron chi connectivity index (χ2n) is 4.84. The summed E-state index contributed by atoms with van der Waals surface area (Å²) in [6.07, 6.45) is 0. The smallest absolute Gasteiger partial charge is 0.258 e. The van der Waals surface area contributed by atoms with E-state index in [0.29, 0.717) is 10.6 Å². The molecule has 4 N–H and O–H groups in total. The van der Waals surface area contributed by atoms with E-state index in [1.54, 1.807) is 24.3 Å². The predicted octanol–water partition coefficient (Wildman–Crippen LogP) is 1.23.